The molecule has 0 unspecified atom stereocenters. The molecule has 0 saturated heterocycles. The second kappa shape index (κ2) is 7.87. The number of H-pyrrole nitrogens is 1. The zero-order chi connectivity index (χ0) is 20.4. The van der Waals surface area contributed by atoms with Crippen LogP contribution in [0.25, 0.3) is 10.9 Å². The van der Waals surface area contributed by atoms with Gasteiger partial charge in [0.1, 0.15) is 10.7 Å². The SMILES string of the molecule is NS(=O)(=O)c1ccc(NC[C@@H](c2ccccc2Cl)c2c[nH]c3ccccc23)nc1. The predicted octanol–water partition coefficient (Wildman–Crippen LogP) is 4.11. The van der Waals surface area contributed by atoms with E-state index in [1.165, 1.54) is 12.3 Å². The standard InChI is InChI=1S/C21H19ClN4O2S/c22-19-7-3-1-5-15(19)17(18-12-24-20-8-4-2-6-16(18)20)13-26-21-10-9-14(11-25-21)29(23,27)28/h1-12,17,24H,13H2,(H,25,26)(H2,23,27,28)/t17-/m0/s1. The number of aromatic amines is 1. The van der Waals surface area contributed by atoms with Crippen LogP contribution in [0.2, 0.25) is 5.02 Å². The number of para-hydroxylation sites is 1. The van der Waals surface area contributed by atoms with E-state index in [2.05, 4.69) is 21.4 Å². The minimum absolute atomic E-state index is 0.0256. The van der Waals surface area contributed by atoms with Gasteiger partial charge in [0.25, 0.3) is 0 Å². The highest BCUT2D eigenvalue weighted by molar-refractivity contribution is 7.89. The maximum Gasteiger partial charge on any atom is 0.239 e. The van der Waals surface area contributed by atoms with Crippen molar-refractivity contribution in [3.05, 3.63) is 89.2 Å². The van der Waals surface area contributed by atoms with E-state index < -0.39 is 10.0 Å². The topological polar surface area (TPSA) is 101 Å². The van der Waals surface area contributed by atoms with Crippen LogP contribution in [0.3, 0.4) is 0 Å². The zero-order valence-corrected chi connectivity index (χ0v) is 16.9. The van der Waals surface area contributed by atoms with E-state index in [0.29, 0.717) is 17.4 Å². The first kappa shape index (κ1) is 19.4. The van der Waals surface area contributed by atoms with E-state index in [4.69, 9.17) is 16.7 Å². The highest BCUT2D eigenvalue weighted by Crippen LogP contribution is 2.34. The minimum Gasteiger partial charge on any atom is -0.369 e. The zero-order valence-electron chi connectivity index (χ0n) is 15.3. The number of nitrogens with two attached hydrogens (primary N) is 1. The fourth-order valence-corrected chi connectivity index (χ4v) is 4.11. The van der Waals surface area contributed by atoms with Crippen LogP contribution in [-0.4, -0.2) is 24.9 Å². The molecule has 2 heterocycles. The Labute approximate surface area is 173 Å². The van der Waals surface area contributed by atoms with Crippen molar-refractivity contribution in [1.82, 2.24) is 9.97 Å². The van der Waals surface area contributed by atoms with E-state index in [1.807, 2.05) is 48.7 Å². The Morgan fingerprint density at radius 2 is 1.79 bits per heavy atom. The molecule has 0 aliphatic carbocycles. The number of sulfonamides is 1. The number of fused-ring (bicyclic) bond motifs is 1. The number of hydrogen-bond acceptors (Lipinski definition) is 4. The maximum absolute atomic E-state index is 11.4. The van der Waals surface area contributed by atoms with Crippen molar-refractivity contribution in [3.8, 4) is 0 Å². The molecule has 29 heavy (non-hydrogen) atoms. The summed E-state index contributed by atoms with van der Waals surface area (Å²) in [5.41, 5.74) is 3.16. The van der Waals surface area contributed by atoms with Crippen LogP contribution in [-0.2, 0) is 10.0 Å². The lowest BCUT2D eigenvalue weighted by atomic mass is 9.91. The van der Waals surface area contributed by atoms with Gasteiger partial charge in [-0.05, 0) is 35.4 Å². The first-order valence-corrected chi connectivity index (χ1v) is 10.9. The summed E-state index contributed by atoms with van der Waals surface area (Å²) in [4.78, 5) is 7.45. The van der Waals surface area contributed by atoms with Crippen LogP contribution in [0.5, 0.6) is 0 Å². The molecule has 0 fully saturated rings. The molecule has 4 rings (SSSR count). The van der Waals surface area contributed by atoms with Gasteiger partial charge in [-0.1, -0.05) is 48.0 Å². The van der Waals surface area contributed by atoms with Gasteiger partial charge in [-0.25, -0.2) is 18.5 Å². The molecule has 1 atom stereocenters. The number of anilines is 1. The number of primary sulfonamides is 1. The number of benzene rings is 2. The number of nitrogens with zero attached hydrogens (tertiary/aromatic N) is 1. The summed E-state index contributed by atoms with van der Waals surface area (Å²) in [5, 5.41) is 10.2. The molecule has 2 aromatic carbocycles. The van der Waals surface area contributed by atoms with Gasteiger partial charge >= 0.3 is 0 Å². The average Bonchev–Trinajstić information content (AvgIpc) is 3.13. The average molecular weight is 427 g/mol. The van der Waals surface area contributed by atoms with Gasteiger partial charge in [-0.3, -0.25) is 0 Å². The number of rotatable bonds is 6. The third-order valence-electron chi connectivity index (χ3n) is 4.83. The molecule has 148 valence electrons. The second-order valence-corrected chi connectivity index (χ2v) is 8.64. The lowest BCUT2D eigenvalue weighted by Gasteiger charge is -2.20. The summed E-state index contributed by atoms with van der Waals surface area (Å²) in [7, 11) is -3.77. The Bertz CT molecular complexity index is 1250. The molecule has 0 saturated carbocycles. The van der Waals surface area contributed by atoms with E-state index >= 15 is 0 Å². The molecule has 0 spiro atoms. The van der Waals surface area contributed by atoms with Crippen molar-refractivity contribution < 1.29 is 8.42 Å². The molecular formula is C21H19ClN4O2S. The highest BCUT2D eigenvalue weighted by atomic mass is 35.5. The summed E-state index contributed by atoms with van der Waals surface area (Å²) in [6.07, 6.45) is 3.24. The summed E-state index contributed by atoms with van der Waals surface area (Å²) in [6.45, 7) is 0.521. The monoisotopic (exact) mass is 426 g/mol. The summed E-state index contributed by atoms with van der Waals surface area (Å²) < 4.78 is 22.8. The van der Waals surface area contributed by atoms with Crippen molar-refractivity contribution in [3.63, 3.8) is 0 Å². The van der Waals surface area contributed by atoms with Gasteiger partial charge in [0.05, 0.1) is 0 Å². The predicted molar refractivity (Wildman–Crippen MR) is 116 cm³/mol. The third kappa shape index (κ3) is 4.12. The van der Waals surface area contributed by atoms with E-state index in [-0.39, 0.29) is 10.8 Å². The van der Waals surface area contributed by atoms with Crippen LogP contribution in [0, 0.1) is 0 Å². The van der Waals surface area contributed by atoms with Gasteiger partial charge < -0.3 is 10.3 Å². The molecule has 0 amide bonds. The molecular weight excluding hydrogens is 408 g/mol. The molecule has 0 bridgehead atoms. The van der Waals surface area contributed by atoms with E-state index in [9.17, 15) is 8.42 Å². The molecule has 2 aromatic heterocycles. The molecule has 0 aliphatic rings. The number of hydrogen-bond donors (Lipinski definition) is 3. The van der Waals surface area contributed by atoms with Crippen LogP contribution in [0.1, 0.15) is 17.0 Å². The van der Waals surface area contributed by atoms with Crippen molar-refractivity contribution >= 4 is 38.3 Å². The van der Waals surface area contributed by atoms with Gasteiger partial charge in [0.2, 0.25) is 10.0 Å². The molecule has 6 nitrogen and oxygen atoms in total. The molecule has 0 aliphatic heterocycles. The fraction of sp³-hybridized carbons (Fsp3) is 0.0952. The largest absolute Gasteiger partial charge is 0.369 e. The molecule has 4 N–H and O–H groups in total. The molecule has 0 radical (unpaired) electrons. The maximum atomic E-state index is 11.4. The minimum atomic E-state index is -3.77. The number of aromatic nitrogens is 2. The summed E-state index contributed by atoms with van der Waals surface area (Å²) >= 11 is 6.51. The van der Waals surface area contributed by atoms with Crippen molar-refractivity contribution in [2.45, 2.75) is 10.8 Å². The third-order valence-corrected chi connectivity index (χ3v) is 6.07. The van der Waals surface area contributed by atoms with Crippen molar-refractivity contribution in [2.75, 3.05) is 11.9 Å². The number of halogens is 1. The van der Waals surface area contributed by atoms with Crippen molar-refractivity contribution in [1.29, 1.82) is 0 Å². The van der Waals surface area contributed by atoms with Crippen LogP contribution in [0.15, 0.2) is 78.0 Å². The quantitative estimate of drug-likeness (QED) is 0.432. The van der Waals surface area contributed by atoms with E-state index in [0.717, 1.165) is 22.0 Å². The summed E-state index contributed by atoms with van der Waals surface area (Å²) in [5.74, 6) is 0.508. The Morgan fingerprint density at radius 1 is 1.03 bits per heavy atom. The Morgan fingerprint density at radius 3 is 2.52 bits per heavy atom. The van der Waals surface area contributed by atoms with Gasteiger partial charge in [-0.2, -0.15) is 0 Å². The second-order valence-electron chi connectivity index (χ2n) is 6.67. The highest BCUT2D eigenvalue weighted by Gasteiger charge is 2.20. The van der Waals surface area contributed by atoms with Crippen LogP contribution < -0.4 is 10.5 Å². The Hall–Kier alpha value is -2.87. The van der Waals surface area contributed by atoms with Crippen molar-refractivity contribution in [2.24, 2.45) is 5.14 Å². The lowest BCUT2D eigenvalue weighted by Crippen LogP contribution is -2.16. The lowest BCUT2D eigenvalue weighted by molar-refractivity contribution is 0.597. The fourth-order valence-electron chi connectivity index (χ4n) is 3.39. The normalized spacial score (nSPS) is 12.8. The molecule has 8 heteroatoms. The smallest absolute Gasteiger partial charge is 0.239 e. The van der Waals surface area contributed by atoms with Crippen LogP contribution in [0.4, 0.5) is 5.82 Å². The van der Waals surface area contributed by atoms with Gasteiger partial charge in [0.15, 0.2) is 0 Å². The summed E-state index contributed by atoms with van der Waals surface area (Å²) in [6, 6.07) is 18.9. The van der Waals surface area contributed by atoms with Gasteiger partial charge in [0, 0.05) is 40.8 Å². The number of nitrogens with one attached hydrogen (secondary N) is 2. The van der Waals surface area contributed by atoms with Gasteiger partial charge in [-0.15, -0.1) is 0 Å². The first-order valence-electron chi connectivity index (χ1n) is 8.96. The van der Waals surface area contributed by atoms with Crippen LogP contribution >= 0.6 is 11.6 Å². The number of pyridine rings is 1. The Balaban J connectivity index is 1.67. The Kier molecular flexibility index (Phi) is 5.27. The molecule has 4 aromatic rings. The first-order chi connectivity index (χ1) is 13.9. The van der Waals surface area contributed by atoms with E-state index in [1.54, 1.807) is 6.07 Å².